The maximum absolute atomic E-state index is 5.89. The van der Waals surface area contributed by atoms with Gasteiger partial charge in [-0.1, -0.05) is 11.6 Å². The summed E-state index contributed by atoms with van der Waals surface area (Å²) in [6.07, 6.45) is 4.93. The normalized spacial score (nSPS) is 10.6. The Labute approximate surface area is 96.9 Å². The highest BCUT2D eigenvalue weighted by Gasteiger charge is 2.05. The molecule has 0 radical (unpaired) electrons. The van der Waals surface area contributed by atoms with Crippen molar-refractivity contribution in [3.05, 3.63) is 35.0 Å². The van der Waals surface area contributed by atoms with Gasteiger partial charge in [0.15, 0.2) is 5.82 Å². The molecule has 6 heteroatoms. The van der Waals surface area contributed by atoms with E-state index in [1.807, 2.05) is 6.92 Å². The van der Waals surface area contributed by atoms with Gasteiger partial charge in [0.25, 0.3) is 0 Å². The van der Waals surface area contributed by atoms with Crippen molar-refractivity contribution in [2.45, 2.75) is 12.8 Å². The first-order chi connectivity index (χ1) is 7.20. The van der Waals surface area contributed by atoms with E-state index in [0.29, 0.717) is 16.7 Å². The van der Waals surface area contributed by atoms with Crippen LogP contribution in [0.15, 0.2) is 18.6 Å². The molecule has 78 valence electrons. The monoisotopic (exact) mass is 242 g/mol. The molecule has 2 aromatic rings. The van der Waals surface area contributed by atoms with Gasteiger partial charge < -0.3 is 0 Å². The minimum Gasteiger partial charge on any atom is -0.254 e. The van der Waals surface area contributed by atoms with Crippen molar-refractivity contribution in [1.82, 2.24) is 19.7 Å². The van der Waals surface area contributed by atoms with Crippen molar-refractivity contribution < 1.29 is 0 Å². The molecule has 0 aliphatic carbocycles. The molecule has 0 aliphatic rings. The number of aryl methyl sites for hydroxylation is 1. The molecule has 0 atom stereocenters. The summed E-state index contributed by atoms with van der Waals surface area (Å²) in [7, 11) is 0. The van der Waals surface area contributed by atoms with Gasteiger partial charge in [-0.2, -0.15) is 5.10 Å². The van der Waals surface area contributed by atoms with Crippen molar-refractivity contribution in [2.24, 2.45) is 0 Å². The third kappa shape index (κ3) is 2.11. The predicted molar refractivity (Wildman–Crippen MR) is 58.5 cm³/mol. The second-order valence-electron chi connectivity index (χ2n) is 3.01. The third-order valence-corrected chi connectivity index (χ3v) is 2.55. The Morgan fingerprint density at radius 2 is 2.13 bits per heavy atom. The van der Waals surface area contributed by atoms with E-state index in [-0.39, 0.29) is 0 Å². The summed E-state index contributed by atoms with van der Waals surface area (Å²) in [6.45, 7) is 1.83. The van der Waals surface area contributed by atoms with E-state index in [4.69, 9.17) is 23.2 Å². The lowest BCUT2D eigenvalue weighted by molar-refractivity contribution is 0.820. The highest BCUT2D eigenvalue weighted by atomic mass is 35.5. The summed E-state index contributed by atoms with van der Waals surface area (Å²) >= 11 is 11.5. The fourth-order valence-corrected chi connectivity index (χ4v) is 1.36. The molecule has 0 saturated heterocycles. The number of nitrogens with zero attached hydrogens (tertiary/aromatic N) is 4. The SMILES string of the molecule is Cc1nn(-c2cnc(CCl)cn2)cc1Cl. The average Bonchev–Trinajstić information content (AvgIpc) is 2.59. The van der Waals surface area contributed by atoms with Crippen LogP contribution in [0, 0.1) is 6.92 Å². The highest BCUT2D eigenvalue weighted by Crippen LogP contribution is 2.14. The predicted octanol–water partition coefficient (Wildman–Crippen LogP) is 2.36. The Bertz CT molecular complexity index is 444. The summed E-state index contributed by atoms with van der Waals surface area (Å²) in [6, 6.07) is 0. The largest absolute Gasteiger partial charge is 0.254 e. The minimum absolute atomic E-state index is 0.353. The zero-order valence-corrected chi connectivity index (χ0v) is 9.50. The number of alkyl halides is 1. The molecule has 2 aromatic heterocycles. The van der Waals surface area contributed by atoms with E-state index in [0.717, 1.165) is 11.4 Å². The smallest absolute Gasteiger partial charge is 0.171 e. The molecular formula is C9H8Cl2N4. The van der Waals surface area contributed by atoms with Crippen molar-refractivity contribution in [1.29, 1.82) is 0 Å². The second-order valence-corrected chi connectivity index (χ2v) is 3.68. The van der Waals surface area contributed by atoms with Crippen LogP contribution in [0.4, 0.5) is 0 Å². The Balaban J connectivity index is 2.37. The minimum atomic E-state index is 0.353. The third-order valence-electron chi connectivity index (χ3n) is 1.90. The molecule has 4 nitrogen and oxygen atoms in total. The van der Waals surface area contributed by atoms with Crippen LogP contribution in [0.5, 0.6) is 0 Å². The fourth-order valence-electron chi connectivity index (χ4n) is 1.09. The summed E-state index contributed by atoms with van der Waals surface area (Å²) in [5.41, 5.74) is 1.50. The number of hydrogen-bond donors (Lipinski definition) is 0. The number of aromatic nitrogens is 4. The van der Waals surface area contributed by atoms with Gasteiger partial charge in [0.05, 0.1) is 40.9 Å². The van der Waals surface area contributed by atoms with E-state index >= 15 is 0 Å². The molecular weight excluding hydrogens is 235 g/mol. The molecule has 0 spiro atoms. The maximum atomic E-state index is 5.89. The Morgan fingerprint density at radius 1 is 1.33 bits per heavy atom. The van der Waals surface area contributed by atoms with Gasteiger partial charge in [-0.3, -0.25) is 4.98 Å². The van der Waals surface area contributed by atoms with Crippen molar-refractivity contribution >= 4 is 23.2 Å². The van der Waals surface area contributed by atoms with Gasteiger partial charge >= 0.3 is 0 Å². The first-order valence-electron chi connectivity index (χ1n) is 4.29. The fraction of sp³-hybridized carbons (Fsp3) is 0.222. The zero-order chi connectivity index (χ0) is 10.8. The first-order valence-corrected chi connectivity index (χ1v) is 5.21. The van der Waals surface area contributed by atoms with Crippen molar-refractivity contribution in [2.75, 3.05) is 0 Å². The molecule has 2 heterocycles. The Hall–Kier alpha value is -1.13. The molecule has 2 rings (SSSR count). The number of hydrogen-bond acceptors (Lipinski definition) is 3. The van der Waals surface area contributed by atoms with E-state index in [1.54, 1.807) is 23.3 Å². The number of rotatable bonds is 2. The van der Waals surface area contributed by atoms with Crippen LogP contribution in [-0.2, 0) is 5.88 Å². The maximum Gasteiger partial charge on any atom is 0.171 e. The topological polar surface area (TPSA) is 43.6 Å². The first kappa shape index (κ1) is 10.4. The van der Waals surface area contributed by atoms with E-state index in [1.165, 1.54) is 0 Å². The van der Waals surface area contributed by atoms with Crippen LogP contribution in [-0.4, -0.2) is 19.7 Å². The van der Waals surface area contributed by atoms with Crippen molar-refractivity contribution in [3.63, 3.8) is 0 Å². The van der Waals surface area contributed by atoms with E-state index in [2.05, 4.69) is 15.1 Å². The van der Waals surface area contributed by atoms with Gasteiger partial charge in [-0.15, -0.1) is 11.6 Å². The van der Waals surface area contributed by atoms with Gasteiger partial charge in [-0.05, 0) is 6.92 Å². The molecule has 0 saturated carbocycles. The summed E-state index contributed by atoms with van der Waals surface area (Å²) in [4.78, 5) is 8.28. The van der Waals surface area contributed by atoms with Crippen LogP contribution in [0.2, 0.25) is 5.02 Å². The summed E-state index contributed by atoms with van der Waals surface area (Å²) in [5, 5.41) is 4.79. The van der Waals surface area contributed by atoms with Gasteiger partial charge in [-0.25, -0.2) is 9.67 Å². The summed E-state index contributed by atoms with van der Waals surface area (Å²) in [5.74, 6) is 0.977. The number of halogens is 2. The Morgan fingerprint density at radius 3 is 2.60 bits per heavy atom. The van der Waals surface area contributed by atoms with Crippen molar-refractivity contribution in [3.8, 4) is 5.82 Å². The lowest BCUT2D eigenvalue weighted by atomic mass is 10.5. The van der Waals surface area contributed by atoms with Crippen LogP contribution in [0.3, 0.4) is 0 Å². The van der Waals surface area contributed by atoms with Crippen LogP contribution in [0.25, 0.3) is 5.82 Å². The van der Waals surface area contributed by atoms with Crippen LogP contribution < -0.4 is 0 Å². The molecule has 0 aliphatic heterocycles. The van der Waals surface area contributed by atoms with Crippen LogP contribution in [0.1, 0.15) is 11.4 Å². The quantitative estimate of drug-likeness (QED) is 0.760. The molecule has 0 fully saturated rings. The summed E-state index contributed by atoms with van der Waals surface area (Å²) < 4.78 is 1.59. The molecule has 0 N–H and O–H groups in total. The van der Waals surface area contributed by atoms with Gasteiger partial charge in [0, 0.05) is 0 Å². The standard InChI is InChI=1S/C9H8Cl2N4/c1-6-8(11)5-15(14-6)9-4-12-7(2-10)3-13-9/h3-5H,2H2,1H3. The van der Waals surface area contributed by atoms with Crippen LogP contribution >= 0.6 is 23.2 Å². The molecule has 0 unspecified atom stereocenters. The Kier molecular flexibility index (Phi) is 2.88. The molecule has 15 heavy (non-hydrogen) atoms. The second kappa shape index (κ2) is 4.16. The zero-order valence-electron chi connectivity index (χ0n) is 7.98. The van der Waals surface area contributed by atoms with E-state index < -0.39 is 0 Å². The highest BCUT2D eigenvalue weighted by molar-refractivity contribution is 6.31. The average molecular weight is 243 g/mol. The van der Waals surface area contributed by atoms with E-state index in [9.17, 15) is 0 Å². The molecule has 0 bridgehead atoms. The molecule has 0 aromatic carbocycles. The molecule has 0 amide bonds. The van der Waals surface area contributed by atoms with Gasteiger partial charge in [0.1, 0.15) is 0 Å². The van der Waals surface area contributed by atoms with Gasteiger partial charge in [0.2, 0.25) is 0 Å². The lowest BCUT2D eigenvalue weighted by Gasteiger charge is -1.99. The lowest BCUT2D eigenvalue weighted by Crippen LogP contribution is -2.00.